The van der Waals surface area contributed by atoms with Gasteiger partial charge >= 0.3 is 6.09 Å². The average molecular weight is 229 g/mol. The lowest BCUT2D eigenvalue weighted by Crippen LogP contribution is -2.55. The van der Waals surface area contributed by atoms with Crippen molar-refractivity contribution in [2.45, 2.75) is 52.0 Å². The Balaban J connectivity index is 2.98. The molecule has 1 fully saturated rings. The van der Waals surface area contributed by atoms with Gasteiger partial charge in [-0.15, -0.1) is 0 Å². The van der Waals surface area contributed by atoms with Gasteiger partial charge in [-0.25, -0.2) is 4.79 Å². The standard InChI is InChI=1S/C12H23NO3/c1-11(2,3)12(7-5-9-14)6-4-8-13(12)10(15)16/h14H,4-9H2,1-3H3,(H,15,16)/t12-/m0/s1. The van der Waals surface area contributed by atoms with E-state index in [2.05, 4.69) is 20.8 Å². The van der Waals surface area contributed by atoms with E-state index in [9.17, 15) is 9.90 Å². The predicted octanol–water partition coefficient (Wildman–Crippen LogP) is 2.32. The van der Waals surface area contributed by atoms with E-state index >= 15 is 0 Å². The number of carboxylic acid groups (broad SMARTS) is 1. The normalized spacial score (nSPS) is 26.1. The first-order chi connectivity index (χ1) is 7.35. The van der Waals surface area contributed by atoms with Crippen LogP contribution in [0, 0.1) is 5.41 Å². The molecule has 0 saturated carbocycles. The summed E-state index contributed by atoms with van der Waals surface area (Å²) in [5.41, 5.74) is -0.390. The van der Waals surface area contributed by atoms with Crippen molar-refractivity contribution in [1.29, 1.82) is 0 Å². The molecular formula is C12H23NO3. The number of nitrogens with zero attached hydrogens (tertiary/aromatic N) is 1. The van der Waals surface area contributed by atoms with Crippen LogP contribution < -0.4 is 0 Å². The molecule has 1 atom stereocenters. The molecule has 4 heteroatoms. The highest BCUT2D eigenvalue weighted by Gasteiger charge is 2.50. The number of aliphatic hydroxyl groups excluding tert-OH is 1. The summed E-state index contributed by atoms with van der Waals surface area (Å²) in [6, 6.07) is 0. The van der Waals surface area contributed by atoms with Gasteiger partial charge in [-0.05, 0) is 31.1 Å². The molecule has 1 aliphatic rings. The predicted molar refractivity (Wildman–Crippen MR) is 62.5 cm³/mol. The third kappa shape index (κ3) is 2.17. The summed E-state index contributed by atoms with van der Waals surface area (Å²) in [6.07, 6.45) is 2.42. The lowest BCUT2D eigenvalue weighted by atomic mass is 9.69. The van der Waals surface area contributed by atoms with Gasteiger partial charge in [-0.1, -0.05) is 20.8 Å². The van der Waals surface area contributed by atoms with Crippen molar-refractivity contribution >= 4 is 6.09 Å². The fourth-order valence-electron chi connectivity index (χ4n) is 2.94. The van der Waals surface area contributed by atoms with Gasteiger partial charge in [0.15, 0.2) is 0 Å². The van der Waals surface area contributed by atoms with E-state index in [1.165, 1.54) is 0 Å². The molecule has 2 N–H and O–H groups in total. The molecule has 1 heterocycles. The minimum absolute atomic E-state index is 0.0862. The van der Waals surface area contributed by atoms with Crippen LogP contribution in [0.4, 0.5) is 4.79 Å². The summed E-state index contributed by atoms with van der Waals surface area (Å²) in [6.45, 7) is 7.02. The van der Waals surface area contributed by atoms with Gasteiger partial charge in [0.05, 0.1) is 5.54 Å². The van der Waals surface area contributed by atoms with E-state index in [1.54, 1.807) is 4.90 Å². The first kappa shape index (κ1) is 13.3. The number of hydrogen-bond donors (Lipinski definition) is 2. The third-order valence-electron chi connectivity index (χ3n) is 3.86. The molecule has 0 aromatic heterocycles. The second-order valence-corrected chi connectivity index (χ2v) is 5.65. The minimum Gasteiger partial charge on any atom is -0.465 e. The Kier molecular flexibility index (Phi) is 3.84. The van der Waals surface area contributed by atoms with Crippen LogP contribution in [0.15, 0.2) is 0 Å². The maximum Gasteiger partial charge on any atom is 0.407 e. The zero-order valence-electron chi connectivity index (χ0n) is 10.5. The Morgan fingerprint density at radius 3 is 2.50 bits per heavy atom. The fourth-order valence-corrected chi connectivity index (χ4v) is 2.94. The third-order valence-corrected chi connectivity index (χ3v) is 3.86. The average Bonchev–Trinajstić information content (AvgIpc) is 2.58. The van der Waals surface area contributed by atoms with E-state index in [-0.39, 0.29) is 17.6 Å². The fraction of sp³-hybridized carbons (Fsp3) is 0.917. The molecule has 4 nitrogen and oxygen atoms in total. The molecule has 1 aliphatic heterocycles. The summed E-state index contributed by atoms with van der Waals surface area (Å²) >= 11 is 0. The van der Waals surface area contributed by atoms with E-state index in [0.717, 1.165) is 19.3 Å². The van der Waals surface area contributed by atoms with Crippen molar-refractivity contribution in [1.82, 2.24) is 4.90 Å². The van der Waals surface area contributed by atoms with E-state index in [0.29, 0.717) is 13.0 Å². The maximum atomic E-state index is 11.3. The summed E-state index contributed by atoms with van der Waals surface area (Å²) in [7, 11) is 0. The molecule has 0 aliphatic carbocycles. The zero-order valence-corrected chi connectivity index (χ0v) is 10.5. The highest BCUT2D eigenvalue weighted by atomic mass is 16.4. The maximum absolute atomic E-state index is 11.3. The van der Waals surface area contributed by atoms with E-state index < -0.39 is 6.09 Å². The molecule has 0 aromatic rings. The van der Waals surface area contributed by atoms with Gasteiger partial charge in [0.1, 0.15) is 0 Å². The van der Waals surface area contributed by atoms with Gasteiger partial charge in [-0.2, -0.15) is 0 Å². The van der Waals surface area contributed by atoms with Gasteiger partial charge in [0.25, 0.3) is 0 Å². The van der Waals surface area contributed by atoms with Gasteiger partial charge in [0.2, 0.25) is 0 Å². The summed E-state index contributed by atoms with van der Waals surface area (Å²) in [5, 5.41) is 18.2. The summed E-state index contributed by atoms with van der Waals surface area (Å²) < 4.78 is 0. The van der Waals surface area contributed by atoms with Crippen LogP contribution in [0.2, 0.25) is 0 Å². The number of rotatable bonds is 3. The van der Waals surface area contributed by atoms with Crippen molar-refractivity contribution in [3.63, 3.8) is 0 Å². The first-order valence-electron chi connectivity index (χ1n) is 5.96. The summed E-state index contributed by atoms with van der Waals surface area (Å²) in [5.74, 6) is 0. The van der Waals surface area contributed by atoms with Gasteiger partial charge in [-0.3, -0.25) is 0 Å². The number of amides is 1. The Hall–Kier alpha value is -0.770. The number of aliphatic hydroxyl groups is 1. The first-order valence-corrected chi connectivity index (χ1v) is 5.96. The molecule has 1 saturated heterocycles. The Morgan fingerprint density at radius 1 is 1.44 bits per heavy atom. The lowest BCUT2D eigenvalue weighted by Gasteiger charge is -2.47. The largest absolute Gasteiger partial charge is 0.465 e. The molecule has 0 unspecified atom stereocenters. The molecule has 0 radical (unpaired) electrons. The van der Waals surface area contributed by atoms with Crippen LogP contribution in [0.5, 0.6) is 0 Å². The van der Waals surface area contributed by atoms with Crippen LogP contribution >= 0.6 is 0 Å². The molecule has 94 valence electrons. The minimum atomic E-state index is -0.828. The topological polar surface area (TPSA) is 60.8 Å². The van der Waals surface area contributed by atoms with Crippen LogP contribution in [0.1, 0.15) is 46.5 Å². The van der Waals surface area contributed by atoms with Crippen molar-refractivity contribution in [2.75, 3.05) is 13.2 Å². The Labute approximate surface area is 97.3 Å². The SMILES string of the molecule is CC(C)(C)[C@@]1(CCCO)CCCN1C(=O)O. The molecule has 16 heavy (non-hydrogen) atoms. The second-order valence-electron chi connectivity index (χ2n) is 5.65. The van der Waals surface area contributed by atoms with Crippen molar-refractivity contribution < 1.29 is 15.0 Å². The highest BCUT2D eigenvalue weighted by Crippen LogP contribution is 2.46. The monoisotopic (exact) mass is 229 g/mol. The van der Waals surface area contributed by atoms with Crippen molar-refractivity contribution in [2.24, 2.45) is 5.41 Å². The van der Waals surface area contributed by atoms with E-state index in [1.807, 2.05) is 0 Å². The van der Waals surface area contributed by atoms with Crippen LogP contribution in [-0.4, -0.2) is 39.9 Å². The Morgan fingerprint density at radius 2 is 2.06 bits per heavy atom. The molecule has 1 rings (SSSR count). The van der Waals surface area contributed by atoms with E-state index in [4.69, 9.17) is 5.11 Å². The Bertz CT molecular complexity index is 259. The number of likely N-dealkylation sites (tertiary alicyclic amines) is 1. The molecule has 1 amide bonds. The molecule has 0 spiro atoms. The zero-order chi connectivity index (χ0) is 12.4. The molecular weight excluding hydrogens is 206 g/mol. The number of hydrogen-bond acceptors (Lipinski definition) is 2. The van der Waals surface area contributed by atoms with Crippen molar-refractivity contribution in [3.8, 4) is 0 Å². The molecule has 0 bridgehead atoms. The van der Waals surface area contributed by atoms with Crippen molar-refractivity contribution in [3.05, 3.63) is 0 Å². The lowest BCUT2D eigenvalue weighted by molar-refractivity contribution is 0.0196. The van der Waals surface area contributed by atoms with Gasteiger partial charge < -0.3 is 15.1 Å². The summed E-state index contributed by atoms with van der Waals surface area (Å²) in [4.78, 5) is 12.9. The quantitative estimate of drug-likeness (QED) is 0.780. The number of carbonyl (C=O) groups is 1. The second kappa shape index (κ2) is 4.62. The molecule has 0 aromatic carbocycles. The smallest absolute Gasteiger partial charge is 0.407 e. The van der Waals surface area contributed by atoms with Crippen LogP contribution in [0.3, 0.4) is 0 Å². The highest BCUT2D eigenvalue weighted by molar-refractivity contribution is 5.67. The van der Waals surface area contributed by atoms with Crippen LogP contribution in [0.25, 0.3) is 0 Å². The van der Waals surface area contributed by atoms with Gasteiger partial charge in [0, 0.05) is 13.2 Å². The van der Waals surface area contributed by atoms with Crippen LogP contribution in [-0.2, 0) is 0 Å².